The minimum absolute atomic E-state index is 0.582. The fraction of sp³-hybridized carbons (Fsp3) is 0.611. The number of likely N-dealkylation sites (tertiary alicyclic amines) is 1. The highest BCUT2D eigenvalue weighted by Crippen LogP contribution is 2.30. The van der Waals surface area contributed by atoms with Crippen LogP contribution in [0.3, 0.4) is 0 Å². The molecule has 5 heteroatoms. The molecule has 2 heterocycles. The van der Waals surface area contributed by atoms with Crippen LogP contribution in [-0.4, -0.2) is 48.9 Å². The number of hydrogen-bond acceptors (Lipinski definition) is 3. The van der Waals surface area contributed by atoms with Crippen LogP contribution in [0.25, 0.3) is 0 Å². The summed E-state index contributed by atoms with van der Waals surface area (Å²) in [6.07, 6.45) is 5.98. The third-order valence-electron chi connectivity index (χ3n) is 4.74. The third-order valence-corrected chi connectivity index (χ3v) is 4.74. The van der Waals surface area contributed by atoms with Crippen molar-refractivity contribution in [1.82, 2.24) is 4.90 Å². The van der Waals surface area contributed by atoms with E-state index in [0.29, 0.717) is 6.54 Å². The lowest BCUT2D eigenvalue weighted by Crippen LogP contribution is -2.34. The Morgan fingerprint density at radius 1 is 1.13 bits per heavy atom. The van der Waals surface area contributed by atoms with E-state index in [1.165, 1.54) is 37.3 Å². The zero-order valence-corrected chi connectivity index (χ0v) is 13.7. The van der Waals surface area contributed by atoms with Gasteiger partial charge in [0.2, 0.25) is 0 Å². The molecule has 1 N–H and O–H groups in total. The summed E-state index contributed by atoms with van der Waals surface area (Å²) in [5.41, 5.74) is 1.89. The van der Waals surface area contributed by atoms with Gasteiger partial charge in [-0.3, -0.25) is 4.90 Å². The van der Waals surface area contributed by atoms with E-state index in [1.54, 1.807) is 0 Å². The van der Waals surface area contributed by atoms with Crippen LogP contribution in [-0.2, 0) is 6.42 Å². The lowest BCUT2D eigenvalue weighted by molar-refractivity contribution is 0.201. The molecule has 2 aliphatic heterocycles. The van der Waals surface area contributed by atoms with E-state index in [-0.39, 0.29) is 0 Å². The van der Waals surface area contributed by atoms with Crippen molar-refractivity contribution in [2.75, 3.05) is 37.7 Å². The molecule has 0 unspecified atom stereocenters. The van der Waals surface area contributed by atoms with Crippen molar-refractivity contribution in [2.24, 2.45) is 0 Å². The Hall–Kier alpha value is -1.75. The van der Waals surface area contributed by atoms with Gasteiger partial charge < -0.3 is 14.7 Å². The standard InChI is InChI=1S/C18H26N2O3/c21-18(22)20-12-4-6-15-14-16(7-8-17(15)20)23-13-5-11-19-9-2-1-3-10-19/h7-8,14H,1-6,9-13H2,(H,21,22). The number of anilines is 1. The molecule has 0 atom stereocenters. The molecule has 2 aliphatic rings. The maximum absolute atomic E-state index is 11.3. The molecule has 0 aromatic heterocycles. The van der Waals surface area contributed by atoms with E-state index in [0.717, 1.165) is 49.4 Å². The predicted molar refractivity (Wildman–Crippen MR) is 90.5 cm³/mol. The molecule has 0 saturated carbocycles. The molecule has 1 saturated heterocycles. The van der Waals surface area contributed by atoms with Gasteiger partial charge in [0.05, 0.1) is 12.3 Å². The number of piperidine rings is 1. The quantitative estimate of drug-likeness (QED) is 0.846. The molecule has 3 rings (SSSR count). The highest BCUT2D eigenvalue weighted by atomic mass is 16.5. The molecule has 5 nitrogen and oxygen atoms in total. The summed E-state index contributed by atoms with van der Waals surface area (Å²) in [6, 6.07) is 5.77. The first-order valence-electron chi connectivity index (χ1n) is 8.72. The zero-order chi connectivity index (χ0) is 16.1. The van der Waals surface area contributed by atoms with Crippen LogP contribution in [0, 0.1) is 0 Å². The molecule has 0 bridgehead atoms. The Morgan fingerprint density at radius 3 is 2.74 bits per heavy atom. The van der Waals surface area contributed by atoms with Crippen LogP contribution in [0.1, 0.15) is 37.7 Å². The number of rotatable bonds is 5. The van der Waals surface area contributed by atoms with Crippen LogP contribution in [0.5, 0.6) is 5.75 Å². The summed E-state index contributed by atoms with van der Waals surface area (Å²) in [4.78, 5) is 15.2. The van der Waals surface area contributed by atoms with Crippen molar-refractivity contribution >= 4 is 11.8 Å². The topological polar surface area (TPSA) is 53.0 Å². The van der Waals surface area contributed by atoms with Crippen molar-refractivity contribution in [3.05, 3.63) is 23.8 Å². The van der Waals surface area contributed by atoms with E-state index in [4.69, 9.17) is 4.74 Å². The van der Waals surface area contributed by atoms with E-state index >= 15 is 0 Å². The maximum Gasteiger partial charge on any atom is 0.411 e. The molecular formula is C18H26N2O3. The van der Waals surface area contributed by atoms with Crippen molar-refractivity contribution in [1.29, 1.82) is 0 Å². The van der Waals surface area contributed by atoms with Gasteiger partial charge in [-0.05, 0) is 69.0 Å². The number of ether oxygens (including phenoxy) is 1. The fourth-order valence-electron chi connectivity index (χ4n) is 3.52. The molecule has 1 amide bonds. The summed E-state index contributed by atoms with van der Waals surface area (Å²) in [5.74, 6) is 0.856. The van der Waals surface area contributed by atoms with Gasteiger partial charge in [-0.15, -0.1) is 0 Å². The number of amides is 1. The maximum atomic E-state index is 11.3. The Bertz CT molecular complexity index is 541. The molecule has 0 spiro atoms. The summed E-state index contributed by atoms with van der Waals surface area (Å²) in [7, 11) is 0. The van der Waals surface area contributed by atoms with Gasteiger partial charge >= 0.3 is 6.09 Å². The number of nitrogens with zero attached hydrogens (tertiary/aromatic N) is 2. The molecule has 23 heavy (non-hydrogen) atoms. The normalized spacial score (nSPS) is 18.5. The second-order valence-corrected chi connectivity index (χ2v) is 6.43. The second-order valence-electron chi connectivity index (χ2n) is 6.43. The molecule has 126 valence electrons. The van der Waals surface area contributed by atoms with E-state index in [9.17, 15) is 9.90 Å². The first kappa shape index (κ1) is 16.1. The first-order chi connectivity index (χ1) is 11.2. The van der Waals surface area contributed by atoms with Crippen LogP contribution in [0.15, 0.2) is 18.2 Å². The average molecular weight is 318 g/mol. The second kappa shape index (κ2) is 7.68. The number of hydrogen-bond donors (Lipinski definition) is 1. The van der Waals surface area contributed by atoms with Crippen LogP contribution in [0.2, 0.25) is 0 Å². The predicted octanol–water partition coefficient (Wildman–Crippen LogP) is 3.37. The lowest BCUT2D eigenvalue weighted by atomic mass is 10.0. The van der Waals surface area contributed by atoms with Gasteiger partial charge in [-0.1, -0.05) is 6.42 Å². The SMILES string of the molecule is O=C(O)N1CCCc2cc(OCCCN3CCCCC3)ccc21. The minimum atomic E-state index is -0.874. The fourth-order valence-corrected chi connectivity index (χ4v) is 3.52. The zero-order valence-electron chi connectivity index (χ0n) is 13.7. The number of carboxylic acid groups (broad SMARTS) is 1. The average Bonchev–Trinajstić information content (AvgIpc) is 2.59. The molecule has 1 fully saturated rings. The Kier molecular flexibility index (Phi) is 5.39. The lowest BCUT2D eigenvalue weighted by Gasteiger charge is -2.27. The minimum Gasteiger partial charge on any atom is -0.494 e. The Labute approximate surface area is 137 Å². The van der Waals surface area contributed by atoms with Gasteiger partial charge in [0.15, 0.2) is 0 Å². The summed E-state index contributed by atoms with van der Waals surface area (Å²) >= 11 is 0. The molecule has 1 aromatic rings. The van der Waals surface area contributed by atoms with Gasteiger partial charge in [0, 0.05) is 13.1 Å². The number of carbonyl (C=O) groups is 1. The van der Waals surface area contributed by atoms with Gasteiger partial charge in [0.1, 0.15) is 5.75 Å². The molecule has 0 aliphatic carbocycles. The summed E-state index contributed by atoms with van der Waals surface area (Å²) in [6.45, 7) is 4.86. The van der Waals surface area contributed by atoms with E-state index < -0.39 is 6.09 Å². The van der Waals surface area contributed by atoms with Crippen LogP contribution < -0.4 is 9.64 Å². The smallest absolute Gasteiger partial charge is 0.411 e. The van der Waals surface area contributed by atoms with Crippen LogP contribution in [0.4, 0.5) is 10.5 Å². The Balaban J connectivity index is 1.50. The van der Waals surface area contributed by atoms with E-state index in [2.05, 4.69) is 4.90 Å². The largest absolute Gasteiger partial charge is 0.494 e. The van der Waals surface area contributed by atoms with E-state index in [1.807, 2.05) is 18.2 Å². The van der Waals surface area contributed by atoms with Gasteiger partial charge in [-0.2, -0.15) is 0 Å². The number of benzene rings is 1. The Morgan fingerprint density at radius 2 is 1.96 bits per heavy atom. The van der Waals surface area contributed by atoms with Gasteiger partial charge in [0.25, 0.3) is 0 Å². The highest BCUT2D eigenvalue weighted by molar-refractivity contribution is 5.87. The van der Waals surface area contributed by atoms with Crippen molar-refractivity contribution in [3.8, 4) is 5.75 Å². The van der Waals surface area contributed by atoms with Crippen molar-refractivity contribution in [3.63, 3.8) is 0 Å². The van der Waals surface area contributed by atoms with Crippen LogP contribution >= 0.6 is 0 Å². The molecular weight excluding hydrogens is 292 g/mol. The first-order valence-corrected chi connectivity index (χ1v) is 8.72. The molecule has 0 radical (unpaired) electrons. The van der Waals surface area contributed by atoms with Crippen molar-refractivity contribution in [2.45, 2.75) is 38.5 Å². The highest BCUT2D eigenvalue weighted by Gasteiger charge is 2.22. The third kappa shape index (κ3) is 4.16. The number of fused-ring (bicyclic) bond motifs is 1. The number of aryl methyl sites for hydroxylation is 1. The summed E-state index contributed by atoms with van der Waals surface area (Å²) in [5, 5.41) is 9.24. The van der Waals surface area contributed by atoms with Crippen molar-refractivity contribution < 1.29 is 14.6 Å². The summed E-state index contributed by atoms with van der Waals surface area (Å²) < 4.78 is 5.87. The van der Waals surface area contributed by atoms with Gasteiger partial charge in [-0.25, -0.2) is 4.79 Å². The monoisotopic (exact) mass is 318 g/mol. The molecule has 1 aromatic carbocycles.